The van der Waals surface area contributed by atoms with E-state index in [1.54, 1.807) is 29.2 Å². The minimum atomic E-state index is -0.406. The van der Waals surface area contributed by atoms with Gasteiger partial charge in [0.05, 0.1) is 25.4 Å². The van der Waals surface area contributed by atoms with Crippen molar-refractivity contribution >= 4 is 29.7 Å². The Bertz CT molecular complexity index is 810. The smallest absolute Gasteiger partial charge is 0.243 e. The van der Waals surface area contributed by atoms with Gasteiger partial charge in [-0.1, -0.05) is 13.3 Å². The number of anilines is 1. The number of carbonyl (C=O) groups is 3. The average molecular weight is 508 g/mol. The second kappa shape index (κ2) is 18.0. The molecule has 1 aromatic rings. The number of aliphatic imine (C=N–C) groups is 1. The number of nitrogens with two attached hydrogens (primary N) is 2. The van der Waals surface area contributed by atoms with E-state index in [1.165, 1.54) is 7.11 Å². The highest BCUT2D eigenvalue weighted by molar-refractivity contribution is 5.91. The molecule has 2 heterocycles. The number of rotatable bonds is 8. The molecule has 0 bridgehead atoms. The Hall–Kier alpha value is -3.38. The quantitative estimate of drug-likeness (QED) is 0.0956. The molecule has 2 aliphatic heterocycles. The topological polar surface area (TPSA) is 184 Å². The zero-order valence-electron chi connectivity index (χ0n) is 21.2. The predicted octanol–water partition coefficient (Wildman–Crippen LogP) is 0.470. The van der Waals surface area contributed by atoms with Gasteiger partial charge in [-0.05, 0) is 62.9 Å². The van der Waals surface area contributed by atoms with E-state index in [4.69, 9.17) is 16.6 Å². The molecule has 0 saturated carbocycles. The summed E-state index contributed by atoms with van der Waals surface area (Å²) in [5, 5.41) is 14.6. The molecule has 12 nitrogen and oxygen atoms in total. The molecule has 0 spiro atoms. The molecule has 36 heavy (non-hydrogen) atoms. The summed E-state index contributed by atoms with van der Waals surface area (Å²) in [4.78, 5) is 44.6. The summed E-state index contributed by atoms with van der Waals surface area (Å²) in [7, 11) is 1.53. The number of benzene rings is 1. The number of phenols is 1. The third-order valence-corrected chi connectivity index (χ3v) is 5.41. The van der Waals surface area contributed by atoms with Crippen LogP contribution in [-0.2, 0) is 19.2 Å². The van der Waals surface area contributed by atoms with Crippen LogP contribution in [-0.4, -0.2) is 79.4 Å². The van der Waals surface area contributed by atoms with Gasteiger partial charge in [0.15, 0.2) is 5.96 Å². The maximum atomic E-state index is 12.4. The molecular weight excluding hydrogens is 466 g/mol. The van der Waals surface area contributed by atoms with Gasteiger partial charge in [0.2, 0.25) is 11.8 Å². The first-order valence-corrected chi connectivity index (χ1v) is 12.2. The lowest BCUT2D eigenvalue weighted by molar-refractivity contribution is -0.140. The molecule has 2 saturated heterocycles. The Kier molecular flexibility index (Phi) is 15.3. The Labute approximate surface area is 212 Å². The molecule has 2 atom stereocenters. The van der Waals surface area contributed by atoms with Crippen molar-refractivity contribution in [3.63, 3.8) is 0 Å². The summed E-state index contributed by atoms with van der Waals surface area (Å²) in [6, 6.07) is 6.06. The highest BCUT2D eigenvalue weighted by Gasteiger charge is 2.37. The number of amides is 2. The number of nitrogens with one attached hydrogen (secondary N) is 3. The van der Waals surface area contributed by atoms with E-state index in [-0.39, 0.29) is 36.1 Å². The molecule has 1 unspecified atom stereocenters. The highest BCUT2D eigenvalue weighted by atomic mass is 16.6. The molecule has 0 aromatic heterocycles. The standard InChI is InChI=1S/C13H21N3O3.C7H9NO2.C4H11N3/c17-9-7-15-12(18)11-5-3-8-16(11)13(19)10-4-1-2-6-14-10;1-10-8-6-2-4-7(9)5-3-6;1-2-3-7-4(5)6/h9-11,14H,1-8H2,(H,15,18);2-5,8-9H,1H3;2-3H2,1H3,(H4,5,6,7)/t10?,11-;;/m0../s1. The number of hydrogen-bond acceptors (Lipinski definition) is 8. The zero-order chi connectivity index (χ0) is 26.8. The van der Waals surface area contributed by atoms with E-state index in [2.05, 4.69) is 25.9 Å². The summed E-state index contributed by atoms with van der Waals surface area (Å²) in [6.07, 6.45) is 6.19. The largest absolute Gasteiger partial charge is 0.508 e. The highest BCUT2D eigenvalue weighted by Crippen LogP contribution is 2.20. The van der Waals surface area contributed by atoms with Gasteiger partial charge in [0.1, 0.15) is 18.1 Å². The normalized spacial score (nSPS) is 18.4. The van der Waals surface area contributed by atoms with Gasteiger partial charge in [0.25, 0.3) is 0 Å². The number of phenolic OH excluding ortho intramolecular Hbond substituents is 1. The third kappa shape index (κ3) is 11.8. The fraction of sp³-hybridized carbons (Fsp3) is 0.583. The number of piperidine rings is 1. The van der Waals surface area contributed by atoms with Crippen molar-refractivity contribution in [2.24, 2.45) is 16.5 Å². The Balaban J connectivity index is 0.000000318. The monoisotopic (exact) mass is 507 g/mol. The number of hydrogen-bond donors (Lipinski definition) is 6. The van der Waals surface area contributed by atoms with E-state index >= 15 is 0 Å². The van der Waals surface area contributed by atoms with Crippen LogP contribution in [0.5, 0.6) is 5.75 Å². The van der Waals surface area contributed by atoms with Crippen LogP contribution in [0.15, 0.2) is 29.3 Å². The lowest BCUT2D eigenvalue weighted by atomic mass is 10.0. The van der Waals surface area contributed by atoms with Crippen molar-refractivity contribution in [3.05, 3.63) is 24.3 Å². The molecule has 2 aliphatic rings. The maximum Gasteiger partial charge on any atom is 0.243 e. The average Bonchev–Trinajstić information content (AvgIpc) is 3.38. The van der Waals surface area contributed by atoms with Crippen LogP contribution in [0.4, 0.5) is 5.69 Å². The molecule has 2 fully saturated rings. The number of aldehydes is 1. The van der Waals surface area contributed by atoms with E-state index in [1.807, 2.05) is 6.92 Å². The molecule has 0 aliphatic carbocycles. The first kappa shape index (κ1) is 30.7. The number of guanidine groups is 1. The molecular formula is C24H41N7O5. The minimum Gasteiger partial charge on any atom is -0.508 e. The maximum absolute atomic E-state index is 12.4. The number of likely N-dealkylation sites (tertiary alicyclic amines) is 1. The lowest BCUT2D eigenvalue weighted by Crippen LogP contribution is -2.53. The summed E-state index contributed by atoms with van der Waals surface area (Å²) in [5.74, 6) is 0.251. The van der Waals surface area contributed by atoms with Crippen molar-refractivity contribution in [2.75, 3.05) is 38.8 Å². The molecule has 202 valence electrons. The van der Waals surface area contributed by atoms with Crippen molar-refractivity contribution < 1.29 is 24.3 Å². The fourth-order valence-electron chi connectivity index (χ4n) is 3.71. The van der Waals surface area contributed by atoms with Gasteiger partial charge in [-0.25, -0.2) is 0 Å². The van der Waals surface area contributed by atoms with Crippen LogP contribution in [0.25, 0.3) is 0 Å². The second-order valence-electron chi connectivity index (χ2n) is 8.26. The Morgan fingerprint density at radius 2 is 1.94 bits per heavy atom. The zero-order valence-corrected chi connectivity index (χ0v) is 21.2. The van der Waals surface area contributed by atoms with E-state index < -0.39 is 6.04 Å². The van der Waals surface area contributed by atoms with Gasteiger partial charge < -0.3 is 36.9 Å². The van der Waals surface area contributed by atoms with Gasteiger partial charge in [-0.2, -0.15) is 0 Å². The Morgan fingerprint density at radius 1 is 1.22 bits per heavy atom. The van der Waals surface area contributed by atoms with Crippen LogP contribution in [0.1, 0.15) is 45.4 Å². The summed E-state index contributed by atoms with van der Waals surface area (Å²) >= 11 is 0. The molecule has 8 N–H and O–H groups in total. The third-order valence-electron chi connectivity index (χ3n) is 5.41. The van der Waals surface area contributed by atoms with Crippen LogP contribution < -0.4 is 27.6 Å². The van der Waals surface area contributed by atoms with E-state index in [0.717, 1.165) is 50.9 Å². The minimum absolute atomic E-state index is 0.0129. The number of aromatic hydroxyl groups is 1. The van der Waals surface area contributed by atoms with Crippen molar-refractivity contribution in [1.29, 1.82) is 0 Å². The van der Waals surface area contributed by atoms with Crippen LogP contribution in [0.3, 0.4) is 0 Å². The Morgan fingerprint density at radius 3 is 2.47 bits per heavy atom. The van der Waals surface area contributed by atoms with E-state index in [9.17, 15) is 14.4 Å². The number of carbonyl (C=O) groups excluding carboxylic acids is 3. The first-order valence-electron chi connectivity index (χ1n) is 12.2. The van der Waals surface area contributed by atoms with Crippen molar-refractivity contribution in [1.82, 2.24) is 15.5 Å². The van der Waals surface area contributed by atoms with Crippen LogP contribution >= 0.6 is 0 Å². The van der Waals surface area contributed by atoms with E-state index in [0.29, 0.717) is 19.3 Å². The SMILES string of the molecule is CCCN=C(N)N.CONc1ccc(O)cc1.O=CCNC(=O)[C@@H]1CCCN1C(=O)C1CCCCN1. The fourth-order valence-corrected chi connectivity index (χ4v) is 3.71. The molecule has 2 amide bonds. The van der Waals surface area contributed by atoms with Gasteiger partial charge in [-0.15, -0.1) is 0 Å². The van der Waals surface area contributed by atoms with Gasteiger partial charge in [-0.3, -0.25) is 24.9 Å². The lowest BCUT2D eigenvalue weighted by Gasteiger charge is -2.30. The summed E-state index contributed by atoms with van der Waals surface area (Å²) in [6.45, 7) is 4.27. The van der Waals surface area contributed by atoms with Gasteiger partial charge >= 0.3 is 0 Å². The number of nitrogens with zero attached hydrogens (tertiary/aromatic N) is 2. The van der Waals surface area contributed by atoms with Crippen LogP contribution in [0.2, 0.25) is 0 Å². The second-order valence-corrected chi connectivity index (χ2v) is 8.26. The molecule has 12 heteroatoms. The molecule has 0 radical (unpaired) electrons. The van der Waals surface area contributed by atoms with Gasteiger partial charge in [0, 0.05) is 13.1 Å². The predicted molar refractivity (Wildman–Crippen MR) is 139 cm³/mol. The molecule has 3 rings (SSSR count). The molecule has 1 aromatic carbocycles. The van der Waals surface area contributed by atoms with Crippen molar-refractivity contribution in [3.8, 4) is 5.75 Å². The first-order chi connectivity index (χ1) is 17.3. The summed E-state index contributed by atoms with van der Waals surface area (Å²) < 4.78 is 0. The van der Waals surface area contributed by atoms with Crippen LogP contribution in [0, 0.1) is 0 Å². The summed E-state index contributed by atoms with van der Waals surface area (Å²) in [5.41, 5.74) is 13.5. The van der Waals surface area contributed by atoms with Crippen molar-refractivity contribution in [2.45, 2.75) is 57.5 Å².